The summed E-state index contributed by atoms with van der Waals surface area (Å²) in [5, 5.41) is 10.7. The number of nitrogens with zero attached hydrogens (tertiary/aromatic N) is 2. The van der Waals surface area contributed by atoms with Gasteiger partial charge in [-0.15, -0.1) is 0 Å². The van der Waals surface area contributed by atoms with E-state index in [2.05, 4.69) is 4.90 Å². The van der Waals surface area contributed by atoms with Crippen LogP contribution < -0.4 is 9.64 Å². The Morgan fingerprint density at radius 2 is 1.75 bits per heavy atom. The highest BCUT2D eigenvalue weighted by Crippen LogP contribution is 2.32. The van der Waals surface area contributed by atoms with Gasteiger partial charge in [-0.3, -0.25) is 4.90 Å². The van der Waals surface area contributed by atoms with Gasteiger partial charge < -0.3 is 14.7 Å². The predicted molar refractivity (Wildman–Crippen MR) is 103 cm³/mol. The molecule has 2 aromatic rings. The molecular weight excluding hydrogens is 393 g/mol. The van der Waals surface area contributed by atoms with Crippen LogP contribution in [0.1, 0.15) is 5.56 Å². The molecule has 1 saturated heterocycles. The number of anilines is 1. The number of benzene rings is 2. The lowest BCUT2D eigenvalue weighted by molar-refractivity contribution is -0.137. The molecule has 0 saturated carbocycles. The average Bonchev–Trinajstić information content (AvgIpc) is 2.67. The van der Waals surface area contributed by atoms with Crippen molar-refractivity contribution in [1.29, 1.82) is 0 Å². The molecular formula is C20H22ClF3N2O2. The van der Waals surface area contributed by atoms with Crippen LogP contribution in [-0.4, -0.2) is 55.4 Å². The van der Waals surface area contributed by atoms with Crippen LogP contribution in [-0.2, 0) is 6.18 Å². The molecule has 0 aromatic heterocycles. The van der Waals surface area contributed by atoms with Crippen LogP contribution in [0.4, 0.5) is 18.9 Å². The molecule has 28 heavy (non-hydrogen) atoms. The van der Waals surface area contributed by atoms with E-state index in [-0.39, 0.29) is 6.61 Å². The Morgan fingerprint density at radius 1 is 1.04 bits per heavy atom. The monoisotopic (exact) mass is 414 g/mol. The molecule has 8 heteroatoms. The molecule has 1 heterocycles. The largest absolute Gasteiger partial charge is 0.489 e. The zero-order chi connectivity index (χ0) is 20.1. The fraction of sp³-hybridized carbons (Fsp3) is 0.400. The number of hydrogen-bond donors (Lipinski definition) is 1. The van der Waals surface area contributed by atoms with Crippen molar-refractivity contribution in [3.8, 4) is 5.75 Å². The summed E-state index contributed by atoms with van der Waals surface area (Å²) in [5.41, 5.74) is -0.0725. The number of piperazine rings is 1. The van der Waals surface area contributed by atoms with Gasteiger partial charge in [-0.2, -0.15) is 13.2 Å². The number of aliphatic hydroxyl groups excluding tert-OH is 1. The van der Waals surface area contributed by atoms with E-state index in [9.17, 15) is 18.3 Å². The maximum absolute atomic E-state index is 12.9. The van der Waals surface area contributed by atoms with Crippen molar-refractivity contribution in [2.75, 3.05) is 44.2 Å². The van der Waals surface area contributed by atoms with Crippen LogP contribution in [0.15, 0.2) is 48.5 Å². The highest BCUT2D eigenvalue weighted by atomic mass is 35.5. The third kappa shape index (κ3) is 5.53. The second-order valence-corrected chi connectivity index (χ2v) is 7.14. The van der Waals surface area contributed by atoms with E-state index in [1.54, 1.807) is 30.3 Å². The Labute approximate surface area is 167 Å². The SMILES string of the molecule is O[C@@H](COc1ccccc1Cl)CN1CCN(c2cccc(C(F)(F)F)c2)CC1. The minimum absolute atomic E-state index is 0.123. The first-order valence-corrected chi connectivity index (χ1v) is 9.40. The first kappa shape index (κ1) is 20.8. The maximum Gasteiger partial charge on any atom is 0.416 e. The van der Waals surface area contributed by atoms with Gasteiger partial charge in [-0.25, -0.2) is 0 Å². The maximum atomic E-state index is 12.9. The molecule has 0 unspecified atom stereocenters. The Hall–Kier alpha value is -1.96. The lowest BCUT2D eigenvalue weighted by Gasteiger charge is -2.37. The van der Waals surface area contributed by atoms with Gasteiger partial charge >= 0.3 is 6.18 Å². The van der Waals surface area contributed by atoms with E-state index in [4.69, 9.17) is 16.3 Å². The quantitative estimate of drug-likeness (QED) is 0.777. The normalized spacial score (nSPS) is 16.8. The van der Waals surface area contributed by atoms with Crippen molar-refractivity contribution in [3.63, 3.8) is 0 Å². The fourth-order valence-corrected chi connectivity index (χ4v) is 3.36. The number of alkyl halides is 3. The molecule has 4 nitrogen and oxygen atoms in total. The van der Waals surface area contributed by atoms with Gasteiger partial charge in [0, 0.05) is 38.4 Å². The van der Waals surface area contributed by atoms with E-state index >= 15 is 0 Å². The van der Waals surface area contributed by atoms with Crippen molar-refractivity contribution in [2.24, 2.45) is 0 Å². The smallest absolute Gasteiger partial charge is 0.416 e. The minimum Gasteiger partial charge on any atom is -0.489 e. The Kier molecular flexibility index (Phi) is 6.69. The van der Waals surface area contributed by atoms with Gasteiger partial charge in [0.1, 0.15) is 18.5 Å². The molecule has 1 aliphatic rings. The highest BCUT2D eigenvalue weighted by molar-refractivity contribution is 6.32. The topological polar surface area (TPSA) is 35.9 Å². The number of ether oxygens (including phenoxy) is 1. The van der Waals surface area contributed by atoms with Crippen molar-refractivity contribution < 1.29 is 23.0 Å². The van der Waals surface area contributed by atoms with Gasteiger partial charge in [0.2, 0.25) is 0 Å². The van der Waals surface area contributed by atoms with Gasteiger partial charge in [0.05, 0.1) is 10.6 Å². The lowest BCUT2D eigenvalue weighted by atomic mass is 10.1. The zero-order valence-electron chi connectivity index (χ0n) is 15.2. The van der Waals surface area contributed by atoms with Gasteiger partial charge in [-0.05, 0) is 30.3 Å². The summed E-state index contributed by atoms with van der Waals surface area (Å²) in [7, 11) is 0. The molecule has 0 amide bonds. The molecule has 0 aliphatic carbocycles. The Morgan fingerprint density at radius 3 is 2.43 bits per heavy atom. The molecule has 1 atom stereocenters. The van der Waals surface area contributed by atoms with Crippen molar-refractivity contribution in [2.45, 2.75) is 12.3 Å². The first-order chi connectivity index (χ1) is 13.3. The predicted octanol–water partition coefficient (Wildman–Crippen LogP) is 3.92. The molecule has 1 aliphatic heterocycles. The Bertz CT molecular complexity index is 780. The van der Waals surface area contributed by atoms with Gasteiger partial charge in [0.25, 0.3) is 0 Å². The van der Waals surface area contributed by atoms with Crippen molar-refractivity contribution >= 4 is 17.3 Å². The number of aliphatic hydroxyl groups is 1. The van der Waals surface area contributed by atoms with E-state index < -0.39 is 17.8 Å². The molecule has 152 valence electrons. The summed E-state index contributed by atoms with van der Waals surface area (Å²) in [6.45, 7) is 3.05. The van der Waals surface area contributed by atoms with Crippen molar-refractivity contribution in [3.05, 3.63) is 59.1 Å². The highest BCUT2D eigenvalue weighted by Gasteiger charge is 2.31. The van der Waals surface area contributed by atoms with E-state index in [1.165, 1.54) is 12.1 Å². The van der Waals surface area contributed by atoms with Crippen LogP contribution in [0.2, 0.25) is 5.02 Å². The molecule has 1 N–H and O–H groups in total. The summed E-state index contributed by atoms with van der Waals surface area (Å²) < 4.78 is 44.2. The minimum atomic E-state index is -4.34. The standard InChI is InChI=1S/C20H22ClF3N2O2/c21-18-6-1-2-7-19(18)28-14-17(27)13-25-8-10-26(11-9-25)16-5-3-4-15(12-16)20(22,23)24/h1-7,12,17,27H,8-11,13-14H2/t17-/m1/s1. The molecule has 0 spiro atoms. The number of rotatable bonds is 6. The Balaban J connectivity index is 1.47. The van der Waals surface area contributed by atoms with Gasteiger partial charge in [0.15, 0.2) is 0 Å². The summed E-state index contributed by atoms with van der Waals surface area (Å²) in [6.07, 6.45) is -5.03. The fourth-order valence-electron chi connectivity index (χ4n) is 3.17. The summed E-state index contributed by atoms with van der Waals surface area (Å²) in [6, 6.07) is 12.4. The van der Waals surface area contributed by atoms with Crippen LogP contribution >= 0.6 is 11.6 Å². The lowest BCUT2D eigenvalue weighted by Crippen LogP contribution is -2.49. The summed E-state index contributed by atoms with van der Waals surface area (Å²) in [4.78, 5) is 4.00. The van der Waals surface area contributed by atoms with Crippen LogP contribution in [0.25, 0.3) is 0 Å². The summed E-state index contributed by atoms with van der Waals surface area (Å²) >= 11 is 6.02. The van der Waals surface area contributed by atoms with E-state index in [0.29, 0.717) is 49.2 Å². The number of hydrogen-bond acceptors (Lipinski definition) is 4. The van der Waals surface area contributed by atoms with Crippen molar-refractivity contribution in [1.82, 2.24) is 4.90 Å². The molecule has 3 rings (SSSR count). The molecule has 0 bridgehead atoms. The summed E-state index contributed by atoms with van der Waals surface area (Å²) in [5.74, 6) is 0.526. The third-order valence-corrected chi connectivity index (χ3v) is 4.96. The molecule has 1 fully saturated rings. The first-order valence-electron chi connectivity index (χ1n) is 9.03. The zero-order valence-corrected chi connectivity index (χ0v) is 16.0. The number of para-hydroxylation sites is 1. The second kappa shape index (κ2) is 9.03. The van der Waals surface area contributed by atoms with Crippen LogP contribution in [0.5, 0.6) is 5.75 Å². The second-order valence-electron chi connectivity index (χ2n) is 6.73. The average molecular weight is 415 g/mol. The molecule has 0 radical (unpaired) electrons. The van der Waals surface area contributed by atoms with E-state index in [0.717, 1.165) is 6.07 Å². The molecule has 2 aromatic carbocycles. The number of halogens is 4. The third-order valence-electron chi connectivity index (χ3n) is 4.65. The van der Waals surface area contributed by atoms with Gasteiger partial charge in [-0.1, -0.05) is 29.8 Å². The van der Waals surface area contributed by atoms with Crippen LogP contribution in [0.3, 0.4) is 0 Å². The van der Waals surface area contributed by atoms with Crippen LogP contribution in [0, 0.1) is 0 Å². The number of β-amino-alcohol motifs (C(OH)–C–C–N with tert-alkyl or cyclic N) is 1. The van der Waals surface area contributed by atoms with E-state index in [1.807, 2.05) is 4.90 Å².